The second-order valence-corrected chi connectivity index (χ2v) is 3.21. The van der Waals surface area contributed by atoms with Gasteiger partial charge >= 0.3 is 5.63 Å². The molecule has 0 N–H and O–H groups in total. The van der Waals surface area contributed by atoms with Gasteiger partial charge in [-0.05, 0) is 22.6 Å². The van der Waals surface area contributed by atoms with E-state index in [1.54, 1.807) is 12.1 Å². The highest BCUT2D eigenvalue weighted by molar-refractivity contribution is 5.77. The van der Waals surface area contributed by atoms with Crippen molar-refractivity contribution in [3.8, 4) is 5.69 Å². The zero-order valence-electron chi connectivity index (χ0n) is 8.07. The Labute approximate surface area is 89.1 Å². The van der Waals surface area contributed by atoms with Crippen molar-refractivity contribution in [2.24, 2.45) is 0 Å². The summed E-state index contributed by atoms with van der Waals surface area (Å²) in [5.74, 6) is 0. The van der Waals surface area contributed by atoms with Crippen LogP contribution in [-0.4, -0.2) is 20.2 Å². The van der Waals surface area contributed by atoms with Crippen molar-refractivity contribution in [3.63, 3.8) is 0 Å². The molecule has 0 spiro atoms. The van der Waals surface area contributed by atoms with Gasteiger partial charge in [-0.25, -0.2) is 4.79 Å². The largest absolute Gasteiger partial charge is 0.421 e. The SMILES string of the molecule is O=c1oc2ccccc2cc1-n1cnnn1. The van der Waals surface area contributed by atoms with Gasteiger partial charge < -0.3 is 4.42 Å². The summed E-state index contributed by atoms with van der Waals surface area (Å²) < 4.78 is 6.42. The van der Waals surface area contributed by atoms with Gasteiger partial charge in [-0.3, -0.25) is 0 Å². The Morgan fingerprint density at radius 2 is 2.12 bits per heavy atom. The molecule has 0 fully saturated rings. The van der Waals surface area contributed by atoms with Gasteiger partial charge in [-0.2, -0.15) is 4.68 Å². The average Bonchev–Trinajstić information content (AvgIpc) is 2.81. The normalized spacial score (nSPS) is 10.8. The van der Waals surface area contributed by atoms with E-state index in [-0.39, 0.29) is 0 Å². The lowest BCUT2D eigenvalue weighted by molar-refractivity contribution is 0.550. The van der Waals surface area contributed by atoms with Crippen molar-refractivity contribution in [2.75, 3.05) is 0 Å². The number of para-hydroxylation sites is 1. The van der Waals surface area contributed by atoms with Crippen LogP contribution in [0.1, 0.15) is 0 Å². The Balaban J connectivity index is 2.34. The molecular weight excluding hydrogens is 208 g/mol. The Hall–Kier alpha value is -2.50. The summed E-state index contributed by atoms with van der Waals surface area (Å²) in [7, 11) is 0. The summed E-state index contributed by atoms with van der Waals surface area (Å²) >= 11 is 0. The van der Waals surface area contributed by atoms with Crippen LogP contribution < -0.4 is 5.63 Å². The molecule has 78 valence electrons. The van der Waals surface area contributed by atoms with Crippen LogP contribution in [0.2, 0.25) is 0 Å². The van der Waals surface area contributed by atoms with E-state index in [0.717, 1.165) is 5.39 Å². The van der Waals surface area contributed by atoms with Gasteiger partial charge in [0.15, 0.2) is 5.69 Å². The summed E-state index contributed by atoms with van der Waals surface area (Å²) in [5, 5.41) is 11.4. The lowest BCUT2D eigenvalue weighted by atomic mass is 10.2. The fraction of sp³-hybridized carbons (Fsp3) is 0. The van der Waals surface area contributed by atoms with Gasteiger partial charge in [0.05, 0.1) is 0 Å². The first-order chi connectivity index (χ1) is 7.84. The van der Waals surface area contributed by atoms with Crippen LogP contribution in [0.15, 0.2) is 45.9 Å². The number of benzene rings is 1. The van der Waals surface area contributed by atoms with Crippen molar-refractivity contribution in [1.29, 1.82) is 0 Å². The monoisotopic (exact) mass is 214 g/mol. The van der Waals surface area contributed by atoms with Crippen molar-refractivity contribution in [3.05, 3.63) is 47.1 Å². The average molecular weight is 214 g/mol. The van der Waals surface area contributed by atoms with Crippen LogP contribution in [0.4, 0.5) is 0 Å². The van der Waals surface area contributed by atoms with E-state index < -0.39 is 5.63 Å². The first kappa shape index (κ1) is 8.78. The third-order valence-electron chi connectivity index (χ3n) is 2.22. The van der Waals surface area contributed by atoms with Gasteiger partial charge in [0.25, 0.3) is 0 Å². The molecule has 3 aromatic rings. The van der Waals surface area contributed by atoms with E-state index in [2.05, 4.69) is 15.5 Å². The third-order valence-corrected chi connectivity index (χ3v) is 2.22. The van der Waals surface area contributed by atoms with E-state index in [1.807, 2.05) is 18.2 Å². The van der Waals surface area contributed by atoms with Crippen molar-refractivity contribution < 1.29 is 4.42 Å². The fourth-order valence-electron chi connectivity index (χ4n) is 1.48. The minimum Gasteiger partial charge on any atom is -0.421 e. The maximum Gasteiger partial charge on any atom is 0.362 e. The number of tetrazole rings is 1. The topological polar surface area (TPSA) is 73.8 Å². The molecular formula is C10H6N4O2. The number of hydrogen-bond donors (Lipinski definition) is 0. The van der Waals surface area contributed by atoms with Crippen LogP contribution in [0.3, 0.4) is 0 Å². The van der Waals surface area contributed by atoms with Gasteiger partial charge in [-0.1, -0.05) is 18.2 Å². The molecule has 0 aliphatic carbocycles. The summed E-state index contributed by atoms with van der Waals surface area (Å²) in [6, 6.07) is 8.96. The lowest BCUT2D eigenvalue weighted by Crippen LogP contribution is -2.10. The van der Waals surface area contributed by atoms with Gasteiger partial charge in [0, 0.05) is 5.39 Å². The van der Waals surface area contributed by atoms with Crippen molar-refractivity contribution in [2.45, 2.75) is 0 Å². The third kappa shape index (κ3) is 1.28. The molecule has 0 atom stereocenters. The van der Waals surface area contributed by atoms with E-state index in [1.165, 1.54) is 11.0 Å². The number of rotatable bonds is 1. The summed E-state index contributed by atoms with van der Waals surface area (Å²) in [6.07, 6.45) is 1.35. The number of nitrogens with zero attached hydrogens (tertiary/aromatic N) is 4. The zero-order chi connectivity index (χ0) is 11.0. The van der Waals surface area contributed by atoms with E-state index >= 15 is 0 Å². The molecule has 3 rings (SSSR count). The predicted molar refractivity (Wildman–Crippen MR) is 55.2 cm³/mol. The van der Waals surface area contributed by atoms with Crippen LogP contribution in [0.25, 0.3) is 16.7 Å². The van der Waals surface area contributed by atoms with Crippen molar-refractivity contribution in [1.82, 2.24) is 20.2 Å². The number of hydrogen-bond acceptors (Lipinski definition) is 5. The number of aromatic nitrogens is 4. The first-order valence-electron chi connectivity index (χ1n) is 4.61. The Morgan fingerprint density at radius 3 is 2.94 bits per heavy atom. The Bertz CT molecular complexity index is 687. The molecule has 2 heterocycles. The molecule has 0 saturated heterocycles. The van der Waals surface area contributed by atoms with E-state index in [9.17, 15) is 4.79 Å². The molecule has 0 aliphatic rings. The summed E-state index contributed by atoms with van der Waals surface area (Å²) in [6.45, 7) is 0. The minimum absolute atomic E-state index is 0.295. The van der Waals surface area contributed by atoms with Crippen LogP contribution in [0.5, 0.6) is 0 Å². The fourth-order valence-corrected chi connectivity index (χ4v) is 1.48. The van der Waals surface area contributed by atoms with Gasteiger partial charge in [0.1, 0.15) is 11.9 Å². The summed E-state index contributed by atoms with van der Waals surface area (Å²) in [4.78, 5) is 11.6. The van der Waals surface area contributed by atoms with Crippen molar-refractivity contribution >= 4 is 11.0 Å². The predicted octanol–water partition coefficient (Wildman–Crippen LogP) is 0.769. The highest BCUT2D eigenvalue weighted by atomic mass is 16.4. The van der Waals surface area contributed by atoms with E-state index in [0.29, 0.717) is 11.3 Å². The highest BCUT2D eigenvalue weighted by Gasteiger charge is 2.07. The number of fused-ring (bicyclic) bond motifs is 1. The molecule has 6 nitrogen and oxygen atoms in total. The quantitative estimate of drug-likeness (QED) is 0.559. The lowest BCUT2D eigenvalue weighted by Gasteiger charge is -1.99. The molecule has 0 bridgehead atoms. The molecule has 6 heteroatoms. The minimum atomic E-state index is -0.467. The highest BCUT2D eigenvalue weighted by Crippen LogP contribution is 2.13. The zero-order valence-corrected chi connectivity index (χ0v) is 8.07. The van der Waals surface area contributed by atoms with Gasteiger partial charge in [0.2, 0.25) is 0 Å². The molecule has 16 heavy (non-hydrogen) atoms. The molecule has 2 aromatic heterocycles. The second kappa shape index (κ2) is 3.27. The van der Waals surface area contributed by atoms with Crippen LogP contribution in [0, 0.1) is 0 Å². The van der Waals surface area contributed by atoms with Crippen LogP contribution >= 0.6 is 0 Å². The van der Waals surface area contributed by atoms with Crippen LogP contribution in [-0.2, 0) is 0 Å². The second-order valence-electron chi connectivity index (χ2n) is 3.21. The van der Waals surface area contributed by atoms with Gasteiger partial charge in [-0.15, -0.1) is 5.10 Å². The molecule has 0 saturated carbocycles. The first-order valence-corrected chi connectivity index (χ1v) is 4.61. The molecule has 0 aliphatic heterocycles. The molecule has 0 amide bonds. The smallest absolute Gasteiger partial charge is 0.362 e. The Kier molecular flexibility index (Phi) is 1.79. The molecule has 0 radical (unpaired) electrons. The van der Waals surface area contributed by atoms with E-state index in [4.69, 9.17) is 4.42 Å². The molecule has 0 unspecified atom stereocenters. The Morgan fingerprint density at radius 1 is 1.25 bits per heavy atom. The molecule has 1 aromatic carbocycles. The standard InChI is InChI=1S/C10H6N4O2/c15-10-8(14-6-11-12-13-14)5-7-3-1-2-4-9(7)16-10/h1-6H. The maximum atomic E-state index is 11.6. The summed E-state index contributed by atoms with van der Waals surface area (Å²) in [5.41, 5.74) is 0.374. The maximum absolute atomic E-state index is 11.6.